The van der Waals surface area contributed by atoms with Crippen LogP contribution >= 0.6 is 0 Å². The molecule has 5 nitrogen and oxygen atoms in total. The normalized spacial score (nSPS) is 12.5. The number of hydrogen-bond acceptors (Lipinski definition) is 5. The number of alkyl halides is 3. The zero-order chi connectivity index (χ0) is 24.8. The van der Waals surface area contributed by atoms with Crippen molar-refractivity contribution in [3.05, 3.63) is 76.0 Å². The lowest BCUT2D eigenvalue weighted by Gasteiger charge is -2.14. The van der Waals surface area contributed by atoms with Crippen LogP contribution in [0.25, 0.3) is 5.57 Å². The highest BCUT2D eigenvalue weighted by atomic mass is 19.4. The van der Waals surface area contributed by atoms with Gasteiger partial charge < -0.3 is 14.3 Å². The first-order valence-electron chi connectivity index (χ1n) is 9.60. The highest BCUT2D eigenvalue weighted by Crippen LogP contribution is 2.27. The van der Waals surface area contributed by atoms with Gasteiger partial charge in [0.1, 0.15) is 12.2 Å². The third kappa shape index (κ3) is 6.77. The molecule has 0 saturated carbocycles. The number of nitrogens with zero attached hydrogens (tertiary/aromatic N) is 1. The maximum absolute atomic E-state index is 13.7. The summed E-state index contributed by atoms with van der Waals surface area (Å²) in [5.74, 6) is -3.35. The van der Waals surface area contributed by atoms with E-state index in [0.29, 0.717) is 23.3 Å². The maximum atomic E-state index is 13.7. The number of aryl methyl sites for hydroxylation is 1. The van der Waals surface area contributed by atoms with Gasteiger partial charge in [0.05, 0.1) is 32.6 Å². The summed E-state index contributed by atoms with van der Waals surface area (Å²) in [6, 6.07) is 6.25. The predicted molar refractivity (Wildman–Crippen MR) is 111 cm³/mol. The molecule has 0 heterocycles. The molecule has 0 aliphatic rings. The van der Waals surface area contributed by atoms with Gasteiger partial charge in [-0.2, -0.15) is 13.2 Å². The molecule has 10 heteroatoms. The molecule has 0 spiro atoms. The van der Waals surface area contributed by atoms with Gasteiger partial charge in [-0.1, -0.05) is 23.4 Å². The van der Waals surface area contributed by atoms with Crippen LogP contribution in [0.2, 0.25) is 0 Å². The summed E-state index contributed by atoms with van der Waals surface area (Å²) >= 11 is 0. The number of carbonyl (C=O) groups excluding carboxylic acids is 1. The number of oxime groups is 1. The quantitative estimate of drug-likeness (QED) is 0.128. The average Bonchev–Trinajstić information content (AvgIpc) is 2.74. The Hall–Kier alpha value is -3.43. The zero-order valence-electron chi connectivity index (χ0n) is 18.3. The second-order valence-electron chi connectivity index (χ2n) is 7.03. The highest BCUT2D eigenvalue weighted by Gasteiger charge is 2.30. The standard InChI is InChI=1S/C23H22F5NO4/c1-13-6-5-7-16(19(11-31-3)22(30)32-4)18(13)12-33-29-14(2)17-9-21(25)20(24)8-15(17)10-23(26,27)28/h5-9,11H,10,12H2,1-4H3/b19-11+,29-14+. The first-order chi connectivity index (χ1) is 15.5. The molecule has 0 saturated heterocycles. The van der Waals surface area contributed by atoms with Crippen LogP contribution < -0.4 is 0 Å². The Morgan fingerprint density at radius 3 is 2.36 bits per heavy atom. The lowest BCUT2D eigenvalue weighted by atomic mass is 9.97. The minimum absolute atomic E-state index is 0.0797. The van der Waals surface area contributed by atoms with Gasteiger partial charge in [-0.3, -0.25) is 0 Å². The molecule has 2 rings (SSSR count). The van der Waals surface area contributed by atoms with E-state index in [9.17, 15) is 26.7 Å². The van der Waals surface area contributed by atoms with Gasteiger partial charge in [0.15, 0.2) is 11.6 Å². The van der Waals surface area contributed by atoms with E-state index in [0.717, 1.165) is 5.56 Å². The van der Waals surface area contributed by atoms with Crippen LogP contribution in [0, 0.1) is 18.6 Å². The minimum Gasteiger partial charge on any atom is -0.503 e. The van der Waals surface area contributed by atoms with Gasteiger partial charge >= 0.3 is 12.1 Å². The topological polar surface area (TPSA) is 57.1 Å². The molecule has 0 aliphatic carbocycles. The second-order valence-corrected chi connectivity index (χ2v) is 7.03. The van der Waals surface area contributed by atoms with Crippen molar-refractivity contribution in [3.8, 4) is 0 Å². The molecule has 2 aromatic carbocycles. The van der Waals surface area contributed by atoms with E-state index in [1.807, 2.05) is 0 Å². The maximum Gasteiger partial charge on any atom is 0.393 e. The van der Waals surface area contributed by atoms with Crippen molar-refractivity contribution in [1.82, 2.24) is 0 Å². The lowest BCUT2D eigenvalue weighted by Crippen LogP contribution is -2.15. The van der Waals surface area contributed by atoms with Gasteiger partial charge in [0.2, 0.25) is 0 Å². The Morgan fingerprint density at radius 2 is 1.76 bits per heavy atom. The molecule has 178 valence electrons. The van der Waals surface area contributed by atoms with E-state index in [2.05, 4.69) is 5.16 Å². The number of halogens is 5. The van der Waals surface area contributed by atoms with E-state index < -0.39 is 35.8 Å². The molecule has 0 amide bonds. The first kappa shape index (κ1) is 25.8. The third-order valence-corrected chi connectivity index (χ3v) is 4.68. The molecule has 33 heavy (non-hydrogen) atoms. The van der Waals surface area contributed by atoms with Crippen molar-refractivity contribution in [1.29, 1.82) is 0 Å². The highest BCUT2D eigenvalue weighted by molar-refractivity contribution is 6.16. The van der Waals surface area contributed by atoms with Crippen molar-refractivity contribution >= 4 is 17.3 Å². The summed E-state index contributed by atoms with van der Waals surface area (Å²) in [4.78, 5) is 17.5. The fourth-order valence-corrected chi connectivity index (χ4v) is 3.13. The van der Waals surface area contributed by atoms with Gasteiger partial charge in [-0.25, -0.2) is 13.6 Å². The molecule has 0 unspecified atom stereocenters. The van der Waals surface area contributed by atoms with Crippen molar-refractivity contribution in [2.45, 2.75) is 33.1 Å². The predicted octanol–water partition coefficient (Wildman–Crippen LogP) is 5.48. The van der Waals surface area contributed by atoms with Crippen LogP contribution in [0.4, 0.5) is 22.0 Å². The van der Waals surface area contributed by atoms with E-state index in [1.165, 1.54) is 27.4 Å². The number of benzene rings is 2. The van der Waals surface area contributed by atoms with Crippen LogP contribution in [0.15, 0.2) is 41.7 Å². The number of esters is 1. The minimum atomic E-state index is -4.63. The second kappa shape index (κ2) is 10.9. The largest absolute Gasteiger partial charge is 0.503 e. The van der Waals surface area contributed by atoms with E-state index >= 15 is 0 Å². The Morgan fingerprint density at radius 1 is 1.09 bits per heavy atom. The summed E-state index contributed by atoms with van der Waals surface area (Å²) in [5.41, 5.74) is 1.06. The van der Waals surface area contributed by atoms with Gasteiger partial charge in [0, 0.05) is 11.1 Å². The van der Waals surface area contributed by atoms with Crippen molar-refractivity contribution < 1.29 is 41.1 Å². The fraction of sp³-hybridized carbons (Fsp3) is 0.304. The van der Waals surface area contributed by atoms with Crippen LogP contribution in [0.1, 0.15) is 34.7 Å². The molecule has 0 atom stereocenters. The summed E-state index contributed by atoms with van der Waals surface area (Å²) in [5, 5.41) is 3.80. The van der Waals surface area contributed by atoms with Gasteiger partial charge in [0.25, 0.3) is 0 Å². The number of rotatable bonds is 8. The van der Waals surface area contributed by atoms with E-state index in [4.69, 9.17) is 14.3 Å². The molecule has 0 N–H and O–H groups in total. The molecule has 0 aromatic heterocycles. The van der Waals surface area contributed by atoms with Crippen molar-refractivity contribution in [2.75, 3.05) is 14.2 Å². The number of methoxy groups -OCH3 is 2. The monoisotopic (exact) mass is 471 g/mol. The van der Waals surface area contributed by atoms with Gasteiger partial charge in [-0.15, -0.1) is 0 Å². The van der Waals surface area contributed by atoms with Crippen LogP contribution in [0.3, 0.4) is 0 Å². The first-order valence-corrected chi connectivity index (χ1v) is 9.60. The lowest BCUT2D eigenvalue weighted by molar-refractivity contribution is -0.133. The van der Waals surface area contributed by atoms with Crippen molar-refractivity contribution in [2.24, 2.45) is 5.16 Å². The molecule has 0 aliphatic heterocycles. The zero-order valence-corrected chi connectivity index (χ0v) is 18.3. The SMILES string of the molecule is CO/C=C(/C(=O)OC)c1cccc(C)c1CO/N=C(\C)c1cc(F)c(F)cc1CC(F)(F)F. The smallest absolute Gasteiger partial charge is 0.393 e. The van der Waals surface area contributed by atoms with Crippen LogP contribution in [-0.2, 0) is 32.1 Å². The summed E-state index contributed by atoms with van der Waals surface area (Å²) in [6.07, 6.45) is -4.88. The van der Waals surface area contributed by atoms with Crippen molar-refractivity contribution in [3.63, 3.8) is 0 Å². The molecule has 2 aromatic rings. The number of carbonyl (C=O) groups is 1. The molecular weight excluding hydrogens is 449 g/mol. The average molecular weight is 471 g/mol. The summed E-state index contributed by atoms with van der Waals surface area (Å²) in [7, 11) is 2.58. The summed E-state index contributed by atoms with van der Waals surface area (Å²) in [6.45, 7) is 2.91. The van der Waals surface area contributed by atoms with Crippen LogP contribution in [0.5, 0.6) is 0 Å². The van der Waals surface area contributed by atoms with Crippen LogP contribution in [-0.4, -0.2) is 32.1 Å². The Balaban J connectivity index is 2.37. The number of ether oxygens (including phenoxy) is 2. The molecule has 0 bridgehead atoms. The van der Waals surface area contributed by atoms with E-state index in [-0.39, 0.29) is 23.5 Å². The Labute approximate surface area is 187 Å². The molecule has 0 radical (unpaired) electrons. The van der Waals surface area contributed by atoms with E-state index in [1.54, 1.807) is 25.1 Å². The summed E-state index contributed by atoms with van der Waals surface area (Å²) < 4.78 is 75.6. The molecule has 0 fully saturated rings. The Bertz CT molecular complexity index is 1080. The number of hydrogen-bond donors (Lipinski definition) is 0. The van der Waals surface area contributed by atoms with Gasteiger partial charge in [-0.05, 0) is 42.7 Å². The fourth-order valence-electron chi connectivity index (χ4n) is 3.13. The Kier molecular flexibility index (Phi) is 8.56. The third-order valence-electron chi connectivity index (χ3n) is 4.68. The molecular formula is C23H22F5NO4.